The van der Waals surface area contributed by atoms with Crippen LogP contribution in [-0.2, 0) is 7.05 Å². The quantitative estimate of drug-likeness (QED) is 0.848. The van der Waals surface area contributed by atoms with Crippen LogP contribution in [0.4, 0.5) is 0 Å². The van der Waals surface area contributed by atoms with E-state index in [2.05, 4.69) is 26.5 Å². The molecule has 1 saturated carbocycles. The van der Waals surface area contributed by atoms with Gasteiger partial charge in [-0.05, 0) is 25.3 Å². The molecule has 2 aliphatic rings. The molecular formula is C20H27N3O. The Morgan fingerprint density at radius 3 is 2.62 bits per heavy atom. The molecule has 2 aromatic rings. The Balaban J connectivity index is 1.51. The number of aromatic nitrogens is 1. The van der Waals surface area contributed by atoms with Gasteiger partial charge in [-0.25, -0.2) is 0 Å². The lowest BCUT2D eigenvalue weighted by atomic mass is 10.1. The fourth-order valence-electron chi connectivity index (χ4n) is 4.46. The van der Waals surface area contributed by atoms with Gasteiger partial charge in [0.15, 0.2) is 0 Å². The van der Waals surface area contributed by atoms with E-state index in [0.29, 0.717) is 0 Å². The van der Waals surface area contributed by atoms with Crippen molar-refractivity contribution in [1.29, 1.82) is 0 Å². The third-order valence-electron chi connectivity index (χ3n) is 5.79. The number of hydrogen-bond acceptors (Lipinski definition) is 2. The number of fused-ring (bicyclic) bond motifs is 1. The summed E-state index contributed by atoms with van der Waals surface area (Å²) in [4.78, 5) is 17.8. The molecule has 4 nitrogen and oxygen atoms in total. The average Bonchev–Trinajstić information content (AvgIpc) is 3.17. The topological polar surface area (TPSA) is 28.5 Å². The predicted octanol–water partition coefficient (Wildman–Crippen LogP) is 3.27. The van der Waals surface area contributed by atoms with Crippen molar-refractivity contribution in [2.45, 2.75) is 38.1 Å². The molecule has 128 valence electrons. The molecule has 0 spiro atoms. The fourth-order valence-corrected chi connectivity index (χ4v) is 4.46. The van der Waals surface area contributed by atoms with Crippen molar-refractivity contribution in [3.8, 4) is 0 Å². The molecule has 0 unspecified atom stereocenters. The van der Waals surface area contributed by atoms with Gasteiger partial charge in [-0.3, -0.25) is 9.69 Å². The third-order valence-corrected chi connectivity index (χ3v) is 5.79. The minimum atomic E-state index is 0.195. The number of rotatable bonds is 2. The van der Waals surface area contributed by atoms with Gasteiger partial charge in [0, 0.05) is 56.4 Å². The second-order valence-corrected chi connectivity index (χ2v) is 7.29. The number of benzene rings is 1. The van der Waals surface area contributed by atoms with Crippen LogP contribution < -0.4 is 0 Å². The van der Waals surface area contributed by atoms with Gasteiger partial charge < -0.3 is 9.47 Å². The molecule has 4 rings (SSSR count). The Morgan fingerprint density at radius 2 is 1.79 bits per heavy atom. The van der Waals surface area contributed by atoms with Crippen molar-refractivity contribution in [2.75, 3.05) is 26.2 Å². The van der Waals surface area contributed by atoms with Crippen molar-refractivity contribution < 1.29 is 4.79 Å². The number of carbonyl (C=O) groups excluding carboxylic acids is 1. The van der Waals surface area contributed by atoms with Gasteiger partial charge in [-0.15, -0.1) is 0 Å². The van der Waals surface area contributed by atoms with E-state index in [1.165, 1.54) is 25.7 Å². The van der Waals surface area contributed by atoms with Crippen LogP contribution in [0.2, 0.25) is 0 Å². The molecule has 2 heterocycles. The van der Waals surface area contributed by atoms with Crippen LogP contribution in [0.5, 0.6) is 0 Å². The lowest BCUT2D eigenvalue weighted by Gasteiger charge is -2.27. The summed E-state index contributed by atoms with van der Waals surface area (Å²) in [5, 5.41) is 1.07. The molecule has 1 aromatic carbocycles. The predicted molar refractivity (Wildman–Crippen MR) is 97.3 cm³/mol. The first kappa shape index (κ1) is 15.7. The highest BCUT2D eigenvalue weighted by molar-refractivity contribution is 6.07. The molecule has 0 atom stereocenters. The third kappa shape index (κ3) is 2.84. The summed E-state index contributed by atoms with van der Waals surface area (Å²) in [5.41, 5.74) is 1.98. The maximum atomic E-state index is 13.1. The fraction of sp³-hybridized carbons (Fsp3) is 0.550. The number of aryl methyl sites for hydroxylation is 1. The lowest BCUT2D eigenvalue weighted by Crippen LogP contribution is -2.38. The Kier molecular flexibility index (Phi) is 4.31. The highest BCUT2D eigenvalue weighted by atomic mass is 16.2. The molecule has 4 heteroatoms. The number of amides is 1. The summed E-state index contributed by atoms with van der Waals surface area (Å²) >= 11 is 0. The normalized spacial score (nSPS) is 20.6. The smallest absolute Gasteiger partial charge is 0.256 e. The molecule has 1 aliphatic carbocycles. The van der Waals surface area contributed by atoms with Crippen LogP contribution in [-0.4, -0.2) is 52.5 Å². The zero-order valence-corrected chi connectivity index (χ0v) is 14.6. The SMILES string of the molecule is Cn1cc(C(=O)N2CCCN(C3CCCC3)CC2)c2ccccc21. The first-order valence-corrected chi connectivity index (χ1v) is 9.31. The van der Waals surface area contributed by atoms with Crippen LogP contribution >= 0.6 is 0 Å². The van der Waals surface area contributed by atoms with Gasteiger partial charge in [0.25, 0.3) is 5.91 Å². The second kappa shape index (κ2) is 6.60. The van der Waals surface area contributed by atoms with E-state index in [9.17, 15) is 4.79 Å². The van der Waals surface area contributed by atoms with E-state index in [-0.39, 0.29) is 5.91 Å². The molecule has 1 aliphatic heterocycles. The molecule has 0 N–H and O–H groups in total. The highest BCUT2D eigenvalue weighted by Gasteiger charge is 2.27. The largest absolute Gasteiger partial charge is 0.350 e. The van der Waals surface area contributed by atoms with Gasteiger partial charge in [0.1, 0.15) is 0 Å². The zero-order chi connectivity index (χ0) is 16.5. The van der Waals surface area contributed by atoms with Gasteiger partial charge in [0.2, 0.25) is 0 Å². The average molecular weight is 325 g/mol. The van der Waals surface area contributed by atoms with Crippen molar-refractivity contribution in [2.24, 2.45) is 7.05 Å². The molecule has 0 bridgehead atoms. The van der Waals surface area contributed by atoms with Crippen LogP contribution in [0.1, 0.15) is 42.5 Å². The van der Waals surface area contributed by atoms with Crippen molar-refractivity contribution >= 4 is 16.8 Å². The number of para-hydroxylation sites is 1. The van der Waals surface area contributed by atoms with Gasteiger partial charge in [-0.1, -0.05) is 31.0 Å². The maximum Gasteiger partial charge on any atom is 0.256 e. The molecule has 1 aromatic heterocycles. The Morgan fingerprint density at radius 1 is 1.00 bits per heavy atom. The summed E-state index contributed by atoms with van der Waals surface area (Å²) < 4.78 is 2.06. The maximum absolute atomic E-state index is 13.1. The van der Waals surface area contributed by atoms with E-state index >= 15 is 0 Å². The molecule has 24 heavy (non-hydrogen) atoms. The van der Waals surface area contributed by atoms with E-state index in [1.54, 1.807) is 0 Å². The Bertz CT molecular complexity index is 730. The first-order valence-electron chi connectivity index (χ1n) is 9.31. The number of hydrogen-bond donors (Lipinski definition) is 0. The van der Waals surface area contributed by atoms with Crippen molar-refractivity contribution in [3.63, 3.8) is 0 Å². The molecule has 2 fully saturated rings. The van der Waals surface area contributed by atoms with Gasteiger partial charge in [0.05, 0.1) is 5.56 Å². The van der Waals surface area contributed by atoms with Crippen LogP contribution in [0.25, 0.3) is 10.9 Å². The summed E-state index contributed by atoms with van der Waals surface area (Å²) in [5.74, 6) is 0.195. The molecule has 1 saturated heterocycles. The minimum Gasteiger partial charge on any atom is -0.350 e. The minimum absolute atomic E-state index is 0.195. The van der Waals surface area contributed by atoms with E-state index in [1.807, 2.05) is 25.4 Å². The van der Waals surface area contributed by atoms with Gasteiger partial charge >= 0.3 is 0 Å². The summed E-state index contributed by atoms with van der Waals surface area (Å²) in [7, 11) is 2.02. The van der Waals surface area contributed by atoms with Crippen molar-refractivity contribution in [3.05, 3.63) is 36.0 Å². The van der Waals surface area contributed by atoms with Crippen LogP contribution in [0, 0.1) is 0 Å². The molecule has 1 amide bonds. The van der Waals surface area contributed by atoms with Gasteiger partial charge in [-0.2, -0.15) is 0 Å². The van der Waals surface area contributed by atoms with E-state index in [0.717, 1.165) is 55.1 Å². The van der Waals surface area contributed by atoms with Crippen LogP contribution in [0.15, 0.2) is 30.5 Å². The van der Waals surface area contributed by atoms with Crippen molar-refractivity contribution in [1.82, 2.24) is 14.4 Å². The highest BCUT2D eigenvalue weighted by Crippen LogP contribution is 2.26. The standard InChI is InChI=1S/C20H27N3O/c1-21-15-18(17-9-4-5-10-19(17)21)20(24)23-12-6-11-22(13-14-23)16-7-2-3-8-16/h4-5,9-10,15-16H,2-3,6-8,11-14H2,1H3. The molecule has 0 radical (unpaired) electrons. The Hall–Kier alpha value is -1.81. The zero-order valence-electron chi connectivity index (χ0n) is 14.6. The first-order chi connectivity index (χ1) is 11.7. The second-order valence-electron chi connectivity index (χ2n) is 7.29. The van der Waals surface area contributed by atoms with Crippen LogP contribution in [0.3, 0.4) is 0 Å². The Labute approximate surface area is 144 Å². The summed E-state index contributed by atoms with van der Waals surface area (Å²) in [6, 6.07) is 8.95. The monoisotopic (exact) mass is 325 g/mol. The number of nitrogens with zero attached hydrogens (tertiary/aromatic N) is 3. The summed E-state index contributed by atoms with van der Waals surface area (Å²) in [6.45, 7) is 3.91. The van der Waals surface area contributed by atoms with E-state index in [4.69, 9.17) is 0 Å². The summed E-state index contributed by atoms with van der Waals surface area (Å²) in [6.07, 6.45) is 8.52. The number of carbonyl (C=O) groups is 1. The lowest BCUT2D eigenvalue weighted by molar-refractivity contribution is 0.0760. The van der Waals surface area contributed by atoms with E-state index < -0.39 is 0 Å². The molecular weight excluding hydrogens is 298 g/mol.